The van der Waals surface area contributed by atoms with Crippen LogP contribution in [0.4, 0.5) is 65.9 Å². The normalized spacial score (nSPS) is 20.4. The van der Waals surface area contributed by atoms with Crippen molar-refractivity contribution < 1.29 is 65.9 Å². The molecule has 0 amide bonds. The van der Waals surface area contributed by atoms with Crippen LogP contribution in [0.3, 0.4) is 0 Å². The van der Waals surface area contributed by atoms with Crippen molar-refractivity contribution in [2.45, 2.75) is 80.2 Å². The first-order valence-electron chi connectivity index (χ1n) is 7.49. The summed E-state index contributed by atoms with van der Waals surface area (Å²) in [6.45, 7) is 1.90. The molecule has 0 aromatic carbocycles. The molecule has 0 heterocycles. The van der Waals surface area contributed by atoms with Crippen LogP contribution in [-0.2, 0) is 0 Å². The van der Waals surface area contributed by atoms with Crippen LogP contribution in [-0.4, -0.2) is 68.7 Å². The topological polar surface area (TPSA) is 0 Å². The van der Waals surface area contributed by atoms with Gasteiger partial charge in [-0.25, -0.2) is 30.7 Å². The lowest BCUT2D eigenvalue weighted by molar-refractivity contribution is -0.383. The van der Waals surface area contributed by atoms with Crippen molar-refractivity contribution in [1.29, 1.82) is 0 Å². The minimum atomic E-state index is -7.53. The van der Waals surface area contributed by atoms with Crippen molar-refractivity contribution in [1.82, 2.24) is 0 Å². The van der Waals surface area contributed by atoms with Crippen LogP contribution in [0.1, 0.15) is 0 Å². The van der Waals surface area contributed by atoms with E-state index in [1.165, 1.54) is 0 Å². The monoisotopic (exact) mass is 484 g/mol. The van der Waals surface area contributed by atoms with Gasteiger partial charge in [-0.1, -0.05) is 19.6 Å². The first-order valence-corrected chi connectivity index (χ1v) is 11.1. The highest BCUT2D eigenvalue weighted by Crippen LogP contribution is 2.57. The summed E-state index contributed by atoms with van der Waals surface area (Å²) >= 11 is 0. The van der Waals surface area contributed by atoms with Crippen molar-refractivity contribution in [3.05, 3.63) is 0 Å². The molecular formula is C13H15F15Si. The van der Waals surface area contributed by atoms with Gasteiger partial charge in [0.1, 0.15) is 0 Å². The Balaban J connectivity index is 6.12. The van der Waals surface area contributed by atoms with Gasteiger partial charge in [-0.3, -0.25) is 0 Å². The summed E-state index contributed by atoms with van der Waals surface area (Å²) in [5, 5.41) is 0. The van der Waals surface area contributed by atoms with Gasteiger partial charge in [0.25, 0.3) is 6.43 Å². The molecule has 0 aliphatic carbocycles. The van der Waals surface area contributed by atoms with Gasteiger partial charge in [-0.15, -0.1) is 0 Å². The second-order valence-electron chi connectivity index (χ2n) is 7.19. The molecule has 0 fully saturated rings. The van der Waals surface area contributed by atoms with E-state index in [0.29, 0.717) is 19.6 Å². The molecule has 0 aliphatic heterocycles. The van der Waals surface area contributed by atoms with Crippen LogP contribution in [0, 0.1) is 0 Å². The highest BCUT2D eigenvalue weighted by molar-refractivity contribution is 6.77. The maximum Gasteiger partial charge on any atom is 0.381 e. The van der Waals surface area contributed by atoms with E-state index in [-0.39, 0.29) is 0 Å². The predicted molar refractivity (Wildman–Crippen MR) is 73.6 cm³/mol. The second kappa shape index (κ2) is 8.36. The Kier molecular flexibility index (Phi) is 8.12. The predicted octanol–water partition coefficient (Wildman–Crippen LogP) is 6.36. The average molecular weight is 484 g/mol. The Hall–Kier alpha value is -0.833. The molecule has 0 nitrogen and oxygen atoms in total. The van der Waals surface area contributed by atoms with Crippen molar-refractivity contribution in [2.24, 2.45) is 0 Å². The van der Waals surface area contributed by atoms with Gasteiger partial charge in [0.15, 0.2) is 24.3 Å². The average Bonchev–Trinajstić information content (AvgIpc) is 2.56. The van der Waals surface area contributed by atoms with E-state index >= 15 is 0 Å². The van der Waals surface area contributed by atoms with Gasteiger partial charge in [0.05, 0.1) is 8.07 Å². The van der Waals surface area contributed by atoms with Gasteiger partial charge in [0.2, 0.25) is 6.17 Å². The zero-order valence-corrected chi connectivity index (χ0v) is 15.6. The van der Waals surface area contributed by atoms with E-state index in [4.69, 9.17) is 0 Å². The SMILES string of the molecule is C[Si](C)(C)C(F)C(F)(F)C(F)(F)C(F)(F)C(F)(F)C(F)C(F)C(F)C(F)C(F)F. The fourth-order valence-corrected chi connectivity index (χ4v) is 3.24. The summed E-state index contributed by atoms with van der Waals surface area (Å²) in [7, 11) is -4.07. The summed E-state index contributed by atoms with van der Waals surface area (Å²) in [6.07, 6.45) is -23.6. The first-order chi connectivity index (χ1) is 12.5. The fourth-order valence-electron chi connectivity index (χ4n) is 1.97. The van der Waals surface area contributed by atoms with Crippen LogP contribution < -0.4 is 0 Å². The maximum atomic E-state index is 13.7. The molecule has 0 N–H and O–H groups in total. The molecule has 29 heavy (non-hydrogen) atoms. The molecule has 0 aliphatic rings. The third-order valence-corrected chi connectivity index (χ3v) is 5.67. The zero-order chi connectivity index (χ0) is 24.0. The van der Waals surface area contributed by atoms with E-state index in [9.17, 15) is 65.9 Å². The van der Waals surface area contributed by atoms with Crippen LogP contribution in [0.25, 0.3) is 0 Å². The fraction of sp³-hybridized carbons (Fsp3) is 1.00. The molecule has 5 atom stereocenters. The molecular weight excluding hydrogens is 469 g/mol. The third kappa shape index (κ3) is 4.75. The largest absolute Gasteiger partial charge is 0.381 e. The van der Waals surface area contributed by atoms with Crippen molar-refractivity contribution in [2.75, 3.05) is 0 Å². The van der Waals surface area contributed by atoms with Gasteiger partial charge in [-0.05, 0) is 0 Å². The smallest absolute Gasteiger partial charge is 0.245 e. The lowest BCUT2D eigenvalue weighted by Crippen LogP contribution is -2.70. The van der Waals surface area contributed by atoms with E-state index < -0.39 is 68.7 Å². The molecule has 0 spiro atoms. The molecule has 0 saturated heterocycles. The number of hydrogen-bond donors (Lipinski definition) is 0. The molecule has 0 radical (unpaired) electrons. The van der Waals surface area contributed by atoms with Gasteiger partial charge < -0.3 is 0 Å². The Labute approximate surface area is 155 Å². The molecule has 0 aromatic heterocycles. The van der Waals surface area contributed by atoms with Crippen LogP contribution in [0.2, 0.25) is 19.6 Å². The Morgan fingerprint density at radius 3 is 1.17 bits per heavy atom. The van der Waals surface area contributed by atoms with Crippen molar-refractivity contribution in [3.8, 4) is 0 Å². The number of halogens is 15. The molecule has 5 unspecified atom stereocenters. The summed E-state index contributed by atoms with van der Waals surface area (Å²) in [5.74, 6) is -32.6. The van der Waals surface area contributed by atoms with E-state index in [1.54, 1.807) is 0 Å². The number of hydrogen-bond acceptors (Lipinski definition) is 0. The summed E-state index contributed by atoms with van der Waals surface area (Å²) in [4.78, 5) is 0. The quantitative estimate of drug-likeness (QED) is 0.250. The van der Waals surface area contributed by atoms with E-state index in [2.05, 4.69) is 0 Å². The molecule has 0 bridgehead atoms. The minimum absolute atomic E-state index is 0.632. The summed E-state index contributed by atoms with van der Waals surface area (Å²) in [5.41, 5.74) is 0. The van der Waals surface area contributed by atoms with Crippen LogP contribution in [0.5, 0.6) is 0 Å². The van der Waals surface area contributed by atoms with Gasteiger partial charge >= 0.3 is 23.7 Å². The van der Waals surface area contributed by atoms with Gasteiger partial charge in [-0.2, -0.15) is 35.1 Å². The number of rotatable bonds is 10. The summed E-state index contributed by atoms with van der Waals surface area (Å²) in [6, 6.07) is 0. The molecule has 0 saturated carbocycles. The van der Waals surface area contributed by atoms with E-state index in [0.717, 1.165) is 0 Å². The third-order valence-electron chi connectivity index (χ3n) is 3.79. The molecule has 0 rings (SSSR count). The molecule has 0 aromatic rings. The lowest BCUT2D eigenvalue weighted by atomic mass is 9.92. The van der Waals surface area contributed by atoms with E-state index in [1.807, 2.05) is 0 Å². The maximum absolute atomic E-state index is 13.7. The second-order valence-corrected chi connectivity index (χ2v) is 12.4. The van der Waals surface area contributed by atoms with Crippen molar-refractivity contribution >= 4 is 8.07 Å². The molecule has 176 valence electrons. The lowest BCUT2D eigenvalue weighted by Gasteiger charge is -2.41. The van der Waals surface area contributed by atoms with Crippen LogP contribution >= 0.6 is 0 Å². The Morgan fingerprint density at radius 1 is 0.517 bits per heavy atom. The molecule has 16 heteroatoms. The summed E-state index contributed by atoms with van der Waals surface area (Å²) < 4.78 is 198. The first kappa shape index (κ1) is 28.2. The van der Waals surface area contributed by atoms with Gasteiger partial charge in [0, 0.05) is 0 Å². The Morgan fingerprint density at radius 2 is 0.862 bits per heavy atom. The Bertz CT molecular complexity index is 543. The van der Waals surface area contributed by atoms with Crippen molar-refractivity contribution in [3.63, 3.8) is 0 Å². The standard InChI is InChI=1S/C13H15F15Si/c1-29(2,3)9(20)11(23,24)13(27,28)12(25,26)10(21,22)7(17)5(15)4(14)6(16)8(18)19/h4-9H,1-3H3. The highest BCUT2D eigenvalue weighted by atomic mass is 28.3. The van der Waals surface area contributed by atoms with Crippen LogP contribution in [0.15, 0.2) is 0 Å². The highest BCUT2D eigenvalue weighted by Gasteiger charge is 2.85. The minimum Gasteiger partial charge on any atom is -0.245 e. The number of alkyl halides is 15. The zero-order valence-electron chi connectivity index (χ0n) is 14.6.